The summed E-state index contributed by atoms with van der Waals surface area (Å²) in [7, 11) is 2.19. The van der Waals surface area contributed by atoms with Gasteiger partial charge < -0.3 is 4.74 Å². The van der Waals surface area contributed by atoms with Gasteiger partial charge >= 0.3 is 0 Å². The first-order valence-corrected chi connectivity index (χ1v) is 5.20. The molecular weight excluding hydrogens is 150 g/mol. The number of rotatable bonds is 1. The van der Waals surface area contributed by atoms with Gasteiger partial charge in [-0.1, -0.05) is 19.3 Å². The fraction of sp³-hybridized carbons (Fsp3) is 1.00. The zero-order valence-electron chi connectivity index (χ0n) is 7.96. The molecule has 0 amide bonds. The van der Waals surface area contributed by atoms with E-state index >= 15 is 0 Å². The van der Waals surface area contributed by atoms with E-state index in [-0.39, 0.29) is 0 Å². The molecule has 0 N–H and O–H groups in total. The molecule has 0 radical (unpaired) electrons. The van der Waals surface area contributed by atoms with Crippen LogP contribution in [-0.2, 0) is 4.74 Å². The molecule has 1 saturated carbocycles. The van der Waals surface area contributed by atoms with Crippen LogP contribution in [0.5, 0.6) is 0 Å². The molecular formula is C10H19NO. The molecule has 70 valence electrons. The molecule has 12 heavy (non-hydrogen) atoms. The first-order valence-electron chi connectivity index (χ1n) is 5.20. The molecule has 0 aromatic heterocycles. The highest BCUT2D eigenvalue weighted by molar-refractivity contribution is 4.77. The van der Waals surface area contributed by atoms with Crippen LogP contribution in [0, 0.1) is 5.92 Å². The van der Waals surface area contributed by atoms with Crippen molar-refractivity contribution >= 4 is 0 Å². The Morgan fingerprint density at radius 2 is 1.92 bits per heavy atom. The third kappa shape index (κ3) is 1.64. The Hall–Kier alpha value is -0.0800. The Morgan fingerprint density at radius 3 is 2.50 bits per heavy atom. The molecule has 0 aromatic carbocycles. The highest BCUT2D eigenvalue weighted by Crippen LogP contribution is 2.30. The van der Waals surface area contributed by atoms with Crippen LogP contribution >= 0.6 is 0 Å². The minimum atomic E-state index is 0.449. The van der Waals surface area contributed by atoms with Gasteiger partial charge in [0.05, 0.1) is 6.61 Å². The number of hydrogen-bond donors (Lipinski definition) is 0. The Bertz CT molecular complexity index is 143. The Balaban J connectivity index is 1.89. The van der Waals surface area contributed by atoms with E-state index in [1.165, 1.54) is 32.1 Å². The molecule has 1 aliphatic heterocycles. The topological polar surface area (TPSA) is 12.5 Å². The summed E-state index contributed by atoms with van der Waals surface area (Å²) in [5.74, 6) is 0.825. The van der Waals surface area contributed by atoms with Crippen molar-refractivity contribution < 1.29 is 4.74 Å². The van der Waals surface area contributed by atoms with Crippen LogP contribution in [0.2, 0.25) is 0 Å². The number of ether oxygens (including phenoxy) is 1. The minimum absolute atomic E-state index is 0.449. The lowest BCUT2D eigenvalue weighted by atomic mass is 9.88. The molecule has 2 fully saturated rings. The third-order valence-corrected chi connectivity index (χ3v) is 3.22. The van der Waals surface area contributed by atoms with Gasteiger partial charge in [-0.3, -0.25) is 4.90 Å². The normalized spacial score (nSPS) is 34.2. The molecule has 2 rings (SSSR count). The largest absolute Gasteiger partial charge is 0.362 e. The van der Waals surface area contributed by atoms with Gasteiger partial charge in [-0.05, 0) is 25.8 Å². The van der Waals surface area contributed by atoms with Crippen molar-refractivity contribution in [3.05, 3.63) is 0 Å². The highest BCUT2D eigenvalue weighted by Gasteiger charge is 2.30. The fourth-order valence-corrected chi connectivity index (χ4v) is 2.49. The summed E-state index contributed by atoms with van der Waals surface area (Å²) in [6.07, 6.45) is 7.48. The van der Waals surface area contributed by atoms with E-state index in [2.05, 4.69) is 11.9 Å². The van der Waals surface area contributed by atoms with Crippen LogP contribution in [0.15, 0.2) is 0 Å². The molecule has 0 bridgehead atoms. The van der Waals surface area contributed by atoms with Gasteiger partial charge in [-0.15, -0.1) is 0 Å². The first-order chi connectivity index (χ1) is 5.88. The van der Waals surface area contributed by atoms with E-state index in [9.17, 15) is 0 Å². The lowest BCUT2D eigenvalue weighted by Gasteiger charge is -2.30. The van der Waals surface area contributed by atoms with Crippen LogP contribution in [0.25, 0.3) is 0 Å². The van der Waals surface area contributed by atoms with Crippen molar-refractivity contribution in [2.75, 3.05) is 20.2 Å². The summed E-state index contributed by atoms with van der Waals surface area (Å²) in [6.45, 7) is 2.07. The summed E-state index contributed by atoms with van der Waals surface area (Å²) >= 11 is 0. The predicted molar refractivity (Wildman–Crippen MR) is 48.9 cm³/mol. The second kappa shape index (κ2) is 3.75. The molecule has 1 unspecified atom stereocenters. The second-order valence-electron chi connectivity index (χ2n) is 4.14. The summed E-state index contributed by atoms with van der Waals surface area (Å²) in [4.78, 5) is 2.37. The Morgan fingerprint density at radius 1 is 1.17 bits per heavy atom. The Labute approximate surface area is 74.9 Å². The minimum Gasteiger partial charge on any atom is -0.362 e. The average Bonchev–Trinajstić information content (AvgIpc) is 2.53. The first kappa shape index (κ1) is 8.52. The average molecular weight is 169 g/mol. The SMILES string of the molecule is CN1CCOC1C1CCCCC1. The predicted octanol–water partition coefficient (Wildman–Crippen LogP) is 1.85. The maximum absolute atomic E-state index is 5.73. The van der Waals surface area contributed by atoms with Gasteiger partial charge in [0.15, 0.2) is 0 Å². The quantitative estimate of drug-likeness (QED) is 0.594. The molecule has 1 atom stereocenters. The molecule has 0 spiro atoms. The molecule has 2 nitrogen and oxygen atoms in total. The van der Waals surface area contributed by atoms with Crippen molar-refractivity contribution in [3.8, 4) is 0 Å². The summed E-state index contributed by atoms with van der Waals surface area (Å²) in [5, 5.41) is 0. The molecule has 1 heterocycles. The van der Waals surface area contributed by atoms with Crippen molar-refractivity contribution in [3.63, 3.8) is 0 Å². The second-order valence-corrected chi connectivity index (χ2v) is 4.14. The van der Waals surface area contributed by atoms with Gasteiger partial charge in [0.1, 0.15) is 6.23 Å². The molecule has 1 saturated heterocycles. The van der Waals surface area contributed by atoms with Gasteiger partial charge in [-0.25, -0.2) is 0 Å². The van der Waals surface area contributed by atoms with Crippen molar-refractivity contribution in [1.82, 2.24) is 4.90 Å². The highest BCUT2D eigenvalue weighted by atomic mass is 16.5. The van der Waals surface area contributed by atoms with E-state index in [1.807, 2.05) is 0 Å². The lowest BCUT2D eigenvalue weighted by Crippen LogP contribution is -2.34. The lowest BCUT2D eigenvalue weighted by molar-refractivity contribution is -0.0151. The van der Waals surface area contributed by atoms with E-state index in [0.29, 0.717) is 6.23 Å². The zero-order chi connectivity index (χ0) is 8.39. The van der Waals surface area contributed by atoms with Crippen LogP contribution in [0.3, 0.4) is 0 Å². The Kier molecular flexibility index (Phi) is 2.66. The third-order valence-electron chi connectivity index (χ3n) is 3.22. The van der Waals surface area contributed by atoms with E-state index in [1.54, 1.807) is 0 Å². The molecule has 2 heteroatoms. The molecule has 2 aliphatic rings. The number of hydrogen-bond acceptors (Lipinski definition) is 2. The van der Waals surface area contributed by atoms with Crippen molar-refractivity contribution in [2.45, 2.75) is 38.3 Å². The van der Waals surface area contributed by atoms with Gasteiger partial charge in [0, 0.05) is 6.54 Å². The van der Waals surface area contributed by atoms with Gasteiger partial charge in [-0.2, -0.15) is 0 Å². The van der Waals surface area contributed by atoms with Crippen LogP contribution < -0.4 is 0 Å². The van der Waals surface area contributed by atoms with Crippen LogP contribution in [-0.4, -0.2) is 31.3 Å². The number of likely N-dealkylation sites (N-methyl/N-ethyl adjacent to an activating group) is 1. The monoisotopic (exact) mass is 169 g/mol. The standard InChI is InChI=1S/C10H19NO/c1-11-7-8-12-10(11)9-5-3-2-4-6-9/h9-10H,2-8H2,1H3. The zero-order valence-corrected chi connectivity index (χ0v) is 7.96. The summed E-state index contributed by atoms with van der Waals surface area (Å²) in [6, 6.07) is 0. The molecule has 0 aromatic rings. The van der Waals surface area contributed by atoms with Crippen molar-refractivity contribution in [2.24, 2.45) is 5.92 Å². The van der Waals surface area contributed by atoms with Crippen LogP contribution in [0.1, 0.15) is 32.1 Å². The van der Waals surface area contributed by atoms with E-state index in [0.717, 1.165) is 19.1 Å². The maximum Gasteiger partial charge on any atom is 0.113 e. The fourth-order valence-electron chi connectivity index (χ4n) is 2.49. The van der Waals surface area contributed by atoms with E-state index in [4.69, 9.17) is 4.74 Å². The number of nitrogens with zero attached hydrogens (tertiary/aromatic N) is 1. The van der Waals surface area contributed by atoms with Crippen LogP contribution in [0.4, 0.5) is 0 Å². The van der Waals surface area contributed by atoms with Gasteiger partial charge in [0.25, 0.3) is 0 Å². The summed E-state index contributed by atoms with van der Waals surface area (Å²) in [5.41, 5.74) is 0. The molecule has 1 aliphatic carbocycles. The van der Waals surface area contributed by atoms with E-state index < -0.39 is 0 Å². The maximum atomic E-state index is 5.73. The summed E-state index contributed by atoms with van der Waals surface area (Å²) < 4.78 is 5.73. The van der Waals surface area contributed by atoms with Gasteiger partial charge in [0.2, 0.25) is 0 Å². The smallest absolute Gasteiger partial charge is 0.113 e. The van der Waals surface area contributed by atoms with Crippen molar-refractivity contribution in [1.29, 1.82) is 0 Å².